The third kappa shape index (κ3) is 4.25. The van der Waals surface area contributed by atoms with Crippen molar-refractivity contribution in [3.8, 4) is 0 Å². The van der Waals surface area contributed by atoms with Crippen LogP contribution >= 0.6 is 11.3 Å². The molecular weight excluding hydrogens is 380 g/mol. The second-order valence-corrected chi connectivity index (χ2v) is 8.64. The molecule has 0 saturated heterocycles. The lowest BCUT2D eigenvalue weighted by atomic mass is 10.1. The Morgan fingerprint density at radius 1 is 1.07 bits per heavy atom. The third-order valence-corrected chi connectivity index (χ3v) is 6.56. The Hall–Kier alpha value is -2.92. The fourth-order valence-electron chi connectivity index (χ4n) is 3.59. The van der Waals surface area contributed by atoms with Gasteiger partial charge in [-0.15, -0.1) is 11.3 Å². The van der Waals surface area contributed by atoms with Gasteiger partial charge in [0.25, 0.3) is 11.8 Å². The van der Waals surface area contributed by atoms with E-state index in [1.807, 2.05) is 79.4 Å². The van der Waals surface area contributed by atoms with Gasteiger partial charge in [-0.2, -0.15) is 0 Å². The number of hydrogen-bond donors (Lipinski definition) is 1. The molecule has 4 rings (SSSR count). The molecule has 1 aliphatic heterocycles. The molecule has 0 bridgehead atoms. The highest BCUT2D eigenvalue weighted by atomic mass is 32.1. The number of nitrogens with one attached hydrogen (secondary N) is 1. The molecule has 29 heavy (non-hydrogen) atoms. The topological polar surface area (TPSA) is 49.4 Å². The number of amides is 2. The highest BCUT2D eigenvalue weighted by Crippen LogP contribution is 2.29. The van der Waals surface area contributed by atoms with E-state index in [4.69, 9.17) is 0 Å². The van der Waals surface area contributed by atoms with Crippen molar-refractivity contribution in [2.24, 2.45) is 0 Å². The quantitative estimate of drug-likeness (QED) is 0.682. The van der Waals surface area contributed by atoms with Crippen LogP contribution in [0.3, 0.4) is 0 Å². The molecule has 0 saturated carbocycles. The predicted octanol–water partition coefficient (Wildman–Crippen LogP) is 4.75. The molecule has 0 fully saturated rings. The van der Waals surface area contributed by atoms with Crippen molar-refractivity contribution in [1.82, 2.24) is 10.2 Å². The Bertz CT molecular complexity index is 1020. The van der Waals surface area contributed by atoms with Crippen molar-refractivity contribution in [2.45, 2.75) is 32.9 Å². The van der Waals surface area contributed by atoms with Gasteiger partial charge in [-0.25, -0.2) is 0 Å². The van der Waals surface area contributed by atoms with Crippen molar-refractivity contribution in [3.05, 3.63) is 92.7 Å². The maximum atomic E-state index is 12.8. The summed E-state index contributed by atoms with van der Waals surface area (Å²) in [6.45, 7) is 5.24. The second kappa shape index (κ2) is 8.21. The van der Waals surface area contributed by atoms with Gasteiger partial charge in [0.2, 0.25) is 0 Å². The van der Waals surface area contributed by atoms with Crippen LogP contribution in [0, 0.1) is 6.92 Å². The molecule has 148 valence electrons. The minimum atomic E-state index is -0.0582. The van der Waals surface area contributed by atoms with Gasteiger partial charge < -0.3 is 10.2 Å². The lowest BCUT2D eigenvalue weighted by Crippen LogP contribution is -2.35. The van der Waals surface area contributed by atoms with Crippen LogP contribution in [0.4, 0.5) is 0 Å². The van der Waals surface area contributed by atoms with E-state index in [1.165, 1.54) is 4.88 Å². The average molecular weight is 405 g/mol. The van der Waals surface area contributed by atoms with Crippen LogP contribution < -0.4 is 5.32 Å². The van der Waals surface area contributed by atoms with E-state index < -0.39 is 0 Å². The summed E-state index contributed by atoms with van der Waals surface area (Å²) in [6, 6.07) is 19.5. The molecule has 4 nitrogen and oxygen atoms in total. The van der Waals surface area contributed by atoms with Crippen molar-refractivity contribution < 1.29 is 9.59 Å². The Balaban J connectivity index is 1.44. The first kappa shape index (κ1) is 19.4. The van der Waals surface area contributed by atoms with Crippen LogP contribution in [0.1, 0.15) is 54.6 Å². The van der Waals surface area contributed by atoms with Crippen molar-refractivity contribution >= 4 is 23.2 Å². The number of aryl methyl sites for hydroxylation is 1. The molecule has 0 spiro atoms. The molecule has 2 heterocycles. The zero-order valence-electron chi connectivity index (χ0n) is 16.6. The molecular formula is C24H24N2O2S. The first-order chi connectivity index (χ1) is 14.0. The van der Waals surface area contributed by atoms with Crippen molar-refractivity contribution in [2.75, 3.05) is 6.54 Å². The number of benzene rings is 2. The van der Waals surface area contributed by atoms with Gasteiger partial charge in [-0.05, 0) is 49.6 Å². The van der Waals surface area contributed by atoms with E-state index in [1.54, 1.807) is 11.3 Å². The van der Waals surface area contributed by atoms with E-state index in [9.17, 15) is 9.59 Å². The largest absolute Gasteiger partial charge is 0.345 e. The maximum absolute atomic E-state index is 12.8. The second-order valence-electron chi connectivity index (χ2n) is 7.51. The smallest absolute Gasteiger partial charge is 0.261 e. The molecule has 1 atom stereocenters. The van der Waals surface area contributed by atoms with Gasteiger partial charge >= 0.3 is 0 Å². The van der Waals surface area contributed by atoms with Gasteiger partial charge in [-0.3, -0.25) is 9.59 Å². The zero-order valence-corrected chi connectivity index (χ0v) is 17.5. The van der Waals surface area contributed by atoms with Gasteiger partial charge in [0.05, 0.1) is 10.9 Å². The average Bonchev–Trinajstić information content (AvgIpc) is 3.18. The Morgan fingerprint density at radius 3 is 2.52 bits per heavy atom. The molecule has 5 heteroatoms. The summed E-state index contributed by atoms with van der Waals surface area (Å²) in [5.41, 5.74) is 4.01. The molecule has 2 amide bonds. The SMILES string of the molecule is Cc1ccc(C(=O)N2CCc3sc(C(=O)N[C@H](C)c4ccccc4)cc3C2)cc1. The Labute approximate surface area is 175 Å². The first-order valence-electron chi connectivity index (χ1n) is 9.84. The van der Waals surface area contributed by atoms with Gasteiger partial charge in [0, 0.05) is 23.5 Å². The summed E-state index contributed by atoms with van der Waals surface area (Å²) in [5, 5.41) is 3.08. The standard InChI is InChI=1S/C24H24N2O2S/c1-16-8-10-19(11-9-16)24(28)26-13-12-21-20(15-26)14-22(29-21)23(27)25-17(2)18-6-4-3-5-7-18/h3-11,14,17H,12-13,15H2,1-2H3,(H,25,27)/t17-/m1/s1. The maximum Gasteiger partial charge on any atom is 0.261 e. The molecule has 1 N–H and O–H groups in total. The number of carbonyl (C=O) groups excluding carboxylic acids is 2. The normalized spacial score (nSPS) is 14.2. The molecule has 0 unspecified atom stereocenters. The van der Waals surface area contributed by atoms with E-state index in [0.29, 0.717) is 23.5 Å². The number of hydrogen-bond acceptors (Lipinski definition) is 3. The van der Waals surface area contributed by atoms with E-state index in [2.05, 4.69) is 5.32 Å². The minimum Gasteiger partial charge on any atom is -0.345 e. The van der Waals surface area contributed by atoms with Gasteiger partial charge in [0.15, 0.2) is 0 Å². The molecule has 2 aromatic carbocycles. The lowest BCUT2D eigenvalue weighted by molar-refractivity contribution is 0.0736. The number of rotatable bonds is 4. The van der Waals surface area contributed by atoms with Crippen LogP contribution in [0.25, 0.3) is 0 Å². The highest BCUT2D eigenvalue weighted by Gasteiger charge is 2.25. The lowest BCUT2D eigenvalue weighted by Gasteiger charge is -2.27. The predicted molar refractivity (Wildman–Crippen MR) is 116 cm³/mol. The summed E-state index contributed by atoms with van der Waals surface area (Å²) >= 11 is 1.54. The van der Waals surface area contributed by atoms with Crippen LogP contribution in [0.2, 0.25) is 0 Å². The summed E-state index contributed by atoms with van der Waals surface area (Å²) in [4.78, 5) is 29.3. The molecule has 1 aliphatic rings. The molecule has 0 radical (unpaired) electrons. The first-order valence-corrected chi connectivity index (χ1v) is 10.7. The molecule has 3 aromatic rings. The monoisotopic (exact) mass is 404 g/mol. The summed E-state index contributed by atoms with van der Waals surface area (Å²) in [5.74, 6) is -0.0114. The highest BCUT2D eigenvalue weighted by molar-refractivity contribution is 7.14. The number of fused-ring (bicyclic) bond motifs is 1. The van der Waals surface area contributed by atoms with Crippen LogP contribution in [0.5, 0.6) is 0 Å². The van der Waals surface area contributed by atoms with Crippen LogP contribution in [-0.4, -0.2) is 23.3 Å². The Kier molecular flexibility index (Phi) is 5.49. The zero-order chi connectivity index (χ0) is 20.4. The number of carbonyl (C=O) groups is 2. The summed E-state index contributed by atoms with van der Waals surface area (Å²) in [7, 11) is 0. The van der Waals surface area contributed by atoms with E-state index >= 15 is 0 Å². The third-order valence-electron chi connectivity index (χ3n) is 5.32. The molecule has 0 aliphatic carbocycles. The summed E-state index contributed by atoms with van der Waals surface area (Å²) in [6.07, 6.45) is 0.791. The van der Waals surface area contributed by atoms with Crippen LogP contribution in [0.15, 0.2) is 60.7 Å². The summed E-state index contributed by atoms with van der Waals surface area (Å²) < 4.78 is 0. The van der Waals surface area contributed by atoms with Crippen LogP contribution in [-0.2, 0) is 13.0 Å². The minimum absolute atomic E-state index is 0.0468. The van der Waals surface area contributed by atoms with Crippen molar-refractivity contribution in [3.63, 3.8) is 0 Å². The van der Waals surface area contributed by atoms with Gasteiger partial charge in [-0.1, -0.05) is 48.0 Å². The number of thiophene rings is 1. The fourth-order valence-corrected chi connectivity index (χ4v) is 4.66. The van der Waals surface area contributed by atoms with E-state index in [-0.39, 0.29) is 17.9 Å². The van der Waals surface area contributed by atoms with E-state index in [0.717, 1.165) is 23.1 Å². The Morgan fingerprint density at radius 2 is 1.79 bits per heavy atom. The fraction of sp³-hybridized carbons (Fsp3) is 0.250. The van der Waals surface area contributed by atoms with Gasteiger partial charge in [0.1, 0.15) is 0 Å². The van der Waals surface area contributed by atoms with Crippen molar-refractivity contribution in [1.29, 1.82) is 0 Å². The molecule has 1 aromatic heterocycles. The number of nitrogens with zero attached hydrogens (tertiary/aromatic N) is 1.